The molecule has 3 aromatic rings. The number of carbonyl (C=O) groups is 1. The van der Waals surface area contributed by atoms with Crippen LogP contribution in [0, 0.1) is 11.6 Å². The van der Waals surface area contributed by atoms with Gasteiger partial charge in [0, 0.05) is 55.4 Å². The molecule has 1 saturated heterocycles. The second-order valence-electron chi connectivity index (χ2n) is 7.78. The lowest BCUT2D eigenvalue weighted by molar-refractivity contribution is -0.115. The van der Waals surface area contributed by atoms with Crippen molar-refractivity contribution in [2.45, 2.75) is 13.0 Å². The molecule has 0 unspecified atom stereocenters. The van der Waals surface area contributed by atoms with Crippen molar-refractivity contribution in [3.8, 4) is 10.6 Å². The van der Waals surface area contributed by atoms with Crippen LogP contribution in [0.3, 0.4) is 0 Å². The Bertz CT molecular complexity index is 1060. The van der Waals surface area contributed by atoms with E-state index < -0.39 is 11.6 Å². The number of amides is 1. The average molecular weight is 443 g/mol. The number of benzene rings is 2. The summed E-state index contributed by atoms with van der Waals surface area (Å²) in [7, 11) is 2.15. The molecule has 0 atom stereocenters. The van der Waals surface area contributed by atoms with Crippen molar-refractivity contribution >= 4 is 22.9 Å². The highest BCUT2D eigenvalue weighted by Crippen LogP contribution is 2.25. The topological polar surface area (TPSA) is 48.5 Å². The average Bonchev–Trinajstić information content (AvgIpc) is 3.21. The van der Waals surface area contributed by atoms with Crippen LogP contribution in [0.15, 0.2) is 47.8 Å². The normalized spacial score (nSPS) is 15.2. The molecule has 0 radical (unpaired) electrons. The molecule has 1 fully saturated rings. The molecular formula is C23H24F2N4OS. The summed E-state index contributed by atoms with van der Waals surface area (Å²) >= 11 is 1.49. The number of thiazole rings is 1. The zero-order valence-electron chi connectivity index (χ0n) is 17.3. The number of rotatable bonds is 6. The third-order valence-electron chi connectivity index (χ3n) is 5.27. The lowest BCUT2D eigenvalue weighted by Gasteiger charge is -2.32. The van der Waals surface area contributed by atoms with Crippen molar-refractivity contribution in [3.63, 3.8) is 0 Å². The summed E-state index contributed by atoms with van der Waals surface area (Å²) < 4.78 is 26.3. The van der Waals surface area contributed by atoms with E-state index in [4.69, 9.17) is 0 Å². The Labute approximate surface area is 184 Å². The van der Waals surface area contributed by atoms with Gasteiger partial charge in [0.2, 0.25) is 5.91 Å². The summed E-state index contributed by atoms with van der Waals surface area (Å²) in [5, 5.41) is 5.29. The molecule has 0 saturated carbocycles. The summed E-state index contributed by atoms with van der Waals surface area (Å²) in [6, 6.07) is 11.6. The summed E-state index contributed by atoms with van der Waals surface area (Å²) in [4.78, 5) is 21.6. The van der Waals surface area contributed by atoms with Crippen LogP contribution < -0.4 is 5.32 Å². The van der Waals surface area contributed by atoms with Gasteiger partial charge in [-0.2, -0.15) is 0 Å². The molecule has 1 amide bonds. The minimum atomic E-state index is -0.995. The molecule has 1 aliphatic heterocycles. The van der Waals surface area contributed by atoms with Crippen LogP contribution in [0.1, 0.15) is 11.3 Å². The number of anilines is 1. The first-order valence-electron chi connectivity index (χ1n) is 10.2. The van der Waals surface area contributed by atoms with Crippen molar-refractivity contribution < 1.29 is 13.6 Å². The van der Waals surface area contributed by atoms with Crippen LogP contribution in [0.4, 0.5) is 14.5 Å². The molecule has 8 heteroatoms. The number of piperazine rings is 1. The number of nitrogens with one attached hydrogen (secondary N) is 1. The quantitative estimate of drug-likeness (QED) is 0.627. The monoisotopic (exact) mass is 442 g/mol. The minimum absolute atomic E-state index is 0.0660. The number of aromatic nitrogens is 1. The maximum Gasteiger partial charge on any atom is 0.230 e. The summed E-state index contributed by atoms with van der Waals surface area (Å²) in [6.45, 7) is 5.21. The van der Waals surface area contributed by atoms with Gasteiger partial charge in [0.15, 0.2) is 11.6 Å². The van der Waals surface area contributed by atoms with Crippen LogP contribution in [0.5, 0.6) is 0 Å². The van der Waals surface area contributed by atoms with Crippen molar-refractivity contribution in [2.24, 2.45) is 0 Å². The first-order chi connectivity index (χ1) is 15.0. The van der Waals surface area contributed by atoms with Gasteiger partial charge < -0.3 is 10.2 Å². The Morgan fingerprint density at radius 2 is 1.90 bits per heavy atom. The first-order valence-corrected chi connectivity index (χ1v) is 11.0. The van der Waals surface area contributed by atoms with E-state index in [0.717, 1.165) is 55.4 Å². The number of hydrogen-bond donors (Lipinski definition) is 1. The highest BCUT2D eigenvalue weighted by molar-refractivity contribution is 7.13. The van der Waals surface area contributed by atoms with Crippen LogP contribution in [0.25, 0.3) is 10.6 Å². The molecule has 5 nitrogen and oxygen atoms in total. The van der Waals surface area contributed by atoms with Gasteiger partial charge in [-0.1, -0.05) is 18.2 Å². The van der Waals surface area contributed by atoms with Crippen LogP contribution in [0.2, 0.25) is 0 Å². The van der Waals surface area contributed by atoms with Gasteiger partial charge in [-0.25, -0.2) is 13.8 Å². The molecule has 31 heavy (non-hydrogen) atoms. The number of hydrogen-bond acceptors (Lipinski definition) is 5. The Morgan fingerprint density at radius 3 is 2.68 bits per heavy atom. The van der Waals surface area contributed by atoms with Crippen LogP contribution >= 0.6 is 11.3 Å². The van der Waals surface area contributed by atoms with Crippen LogP contribution in [-0.2, 0) is 17.8 Å². The van der Waals surface area contributed by atoms with Gasteiger partial charge in [0.1, 0.15) is 5.01 Å². The second-order valence-corrected chi connectivity index (χ2v) is 8.64. The number of halogens is 2. The van der Waals surface area contributed by atoms with Gasteiger partial charge in [0.05, 0.1) is 12.1 Å². The number of carbonyl (C=O) groups excluding carboxylic acids is 1. The third kappa shape index (κ3) is 5.72. The molecule has 0 spiro atoms. The fourth-order valence-electron chi connectivity index (χ4n) is 3.53. The molecule has 4 rings (SSSR count). The van der Waals surface area contributed by atoms with Crippen molar-refractivity contribution in [1.82, 2.24) is 14.8 Å². The fraction of sp³-hybridized carbons (Fsp3) is 0.304. The third-order valence-corrected chi connectivity index (χ3v) is 6.21. The van der Waals surface area contributed by atoms with Gasteiger partial charge in [-0.3, -0.25) is 9.69 Å². The van der Waals surface area contributed by atoms with E-state index in [2.05, 4.69) is 39.3 Å². The Morgan fingerprint density at radius 1 is 1.10 bits per heavy atom. The van der Waals surface area contributed by atoms with Crippen LogP contribution in [-0.4, -0.2) is 53.9 Å². The molecule has 2 aromatic carbocycles. The first kappa shape index (κ1) is 21.5. The maximum atomic E-state index is 13.3. The highest BCUT2D eigenvalue weighted by Gasteiger charge is 2.15. The predicted octanol–water partition coefficient (Wildman–Crippen LogP) is 4.02. The van der Waals surface area contributed by atoms with E-state index in [0.29, 0.717) is 5.69 Å². The second kappa shape index (κ2) is 9.64. The zero-order chi connectivity index (χ0) is 21.8. The summed E-state index contributed by atoms with van der Waals surface area (Å²) in [6.07, 6.45) is 0.0660. The number of likely N-dealkylation sites (N-methyl/N-ethyl adjacent to an activating group) is 1. The largest absolute Gasteiger partial charge is 0.326 e. The molecule has 0 aliphatic carbocycles. The lowest BCUT2D eigenvalue weighted by atomic mass is 10.1. The Balaban J connectivity index is 1.38. The molecular weight excluding hydrogens is 418 g/mol. The molecule has 162 valence electrons. The van der Waals surface area contributed by atoms with Gasteiger partial charge in [0.25, 0.3) is 0 Å². The Kier molecular flexibility index (Phi) is 6.70. The number of nitrogens with zero attached hydrogens (tertiary/aromatic N) is 3. The van der Waals surface area contributed by atoms with Gasteiger partial charge in [-0.05, 0) is 30.8 Å². The molecule has 1 N–H and O–H groups in total. The smallest absolute Gasteiger partial charge is 0.230 e. The maximum absolute atomic E-state index is 13.3. The Hall–Kier alpha value is -2.68. The van der Waals surface area contributed by atoms with E-state index in [1.807, 2.05) is 17.5 Å². The highest BCUT2D eigenvalue weighted by atomic mass is 32.1. The van der Waals surface area contributed by atoms with Gasteiger partial charge >= 0.3 is 0 Å². The standard InChI is InChI=1S/C23H24F2N4OS/c1-28-7-9-29(10-8-28)14-16-3-2-4-17(11-16)23-27-19(15-31-23)13-22(30)26-18-5-6-20(24)21(25)12-18/h2-6,11-12,15H,7-10,13-14H2,1H3,(H,26,30). The van der Waals surface area contributed by atoms with E-state index in [-0.39, 0.29) is 18.0 Å². The van der Waals surface area contributed by atoms with Gasteiger partial charge in [-0.15, -0.1) is 11.3 Å². The molecule has 1 aromatic heterocycles. The molecule has 2 heterocycles. The van der Waals surface area contributed by atoms with E-state index in [1.165, 1.54) is 23.0 Å². The summed E-state index contributed by atoms with van der Waals surface area (Å²) in [5.74, 6) is -2.27. The SMILES string of the molecule is CN1CCN(Cc2cccc(-c3nc(CC(=O)Nc4ccc(F)c(F)c4)cs3)c2)CC1. The van der Waals surface area contributed by atoms with Crippen molar-refractivity contribution in [2.75, 3.05) is 38.5 Å². The molecule has 1 aliphatic rings. The lowest BCUT2D eigenvalue weighted by Crippen LogP contribution is -2.43. The summed E-state index contributed by atoms with van der Waals surface area (Å²) in [5.41, 5.74) is 3.14. The van der Waals surface area contributed by atoms with E-state index in [9.17, 15) is 13.6 Å². The van der Waals surface area contributed by atoms with Crippen molar-refractivity contribution in [3.05, 3.63) is 70.7 Å². The predicted molar refractivity (Wildman–Crippen MR) is 119 cm³/mol. The minimum Gasteiger partial charge on any atom is -0.326 e. The van der Waals surface area contributed by atoms with E-state index >= 15 is 0 Å². The van der Waals surface area contributed by atoms with Crippen molar-refractivity contribution in [1.29, 1.82) is 0 Å². The molecule has 0 bridgehead atoms. The zero-order valence-corrected chi connectivity index (χ0v) is 18.1. The van der Waals surface area contributed by atoms with E-state index in [1.54, 1.807) is 0 Å². The fourth-order valence-corrected chi connectivity index (χ4v) is 4.35.